The van der Waals surface area contributed by atoms with Crippen LogP contribution in [0.2, 0.25) is 0 Å². The molecule has 0 spiro atoms. The van der Waals surface area contributed by atoms with Gasteiger partial charge in [0.25, 0.3) is 0 Å². The second kappa shape index (κ2) is 8.92. The molecule has 0 bridgehead atoms. The monoisotopic (exact) mass is 255 g/mol. The maximum atomic E-state index is 10.2. The summed E-state index contributed by atoms with van der Waals surface area (Å²) in [5.41, 5.74) is 0. The average molecular weight is 255 g/mol. The molecule has 0 radical (unpaired) electrons. The van der Waals surface area contributed by atoms with Crippen molar-refractivity contribution < 1.29 is 5.11 Å². The summed E-state index contributed by atoms with van der Waals surface area (Å²) in [5.74, 6) is 0.511. The molecular weight excluding hydrogens is 222 g/mol. The Morgan fingerprint density at radius 2 is 1.83 bits per heavy atom. The highest BCUT2D eigenvalue weighted by Gasteiger charge is 2.24. The van der Waals surface area contributed by atoms with E-state index in [-0.39, 0.29) is 6.10 Å². The molecule has 1 fully saturated rings. The molecule has 108 valence electrons. The van der Waals surface area contributed by atoms with Crippen LogP contribution in [0.15, 0.2) is 0 Å². The van der Waals surface area contributed by atoms with Gasteiger partial charge in [-0.25, -0.2) is 0 Å². The zero-order chi connectivity index (χ0) is 13.4. The van der Waals surface area contributed by atoms with Gasteiger partial charge in [0.15, 0.2) is 0 Å². The molecule has 0 aromatic carbocycles. The summed E-state index contributed by atoms with van der Waals surface area (Å²) in [6.45, 7) is 9.14. The maximum absolute atomic E-state index is 10.2. The predicted octanol–water partition coefficient (Wildman–Crippen LogP) is 3.83. The maximum Gasteiger partial charge on any atom is 0.0580 e. The summed E-state index contributed by atoms with van der Waals surface area (Å²) in [4.78, 5) is 2.58. The summed E-state index contributed by atoms with van der Waals surface area (Å²) in [5, 5.41) is 10.2. The molecule has 1 aliphatic rings. The van der Waals surface area contributed by atoms with Gasteiger partial charge in [-0.05, 0) is 45.6 Å². The topological polar surface area (TPSA) is 23.5 Å². The number of hydrogen-bond donors (Lipinski definition) is 1. The van der Waals surface area contributed by atoms with Crippen LogP contribution < -0.4 is 0 Å². The SMILES string of the molecule is CCCCCN(CC1CCCCCC1O)C(C)C. The highest BCUT2D eigenvalue weighted by atomic mass is 16.3. The van der Waals surface area contributed by atoms with Crippen molar-refractivity contribution in [2.45, 2.75) is 84.3 Å². The van der Waals surface area contributed by atoms with Gasteiger partial charge in [-0.2, -0.15) is 0 Å². The molecule has 1 saturated carbocycles. The third-order valence-corrected chi connectivity index (χ3v) is 4.37. The summed E-state index contributed by atoms with van der Waals surface area (Å²) in [7, 11) is 0. The summed E-state index contributed by atoms with van der Waals surface area (Å²) in [6, 6.07) is 0.609. The Morgan fingerprint density at radius 3 is 2.50 bits per heavy atom. The van der Waals surface area contributed by atoms with E-state index < -0.39 is 0 Å². The van der Waals surface area contributed by atoms with Crippen molar-refractivity contribution in [3.05, 3.63) is 0 Å². The fourth-order valence-electron chi connectivity index (χ4n) is 3.00. The molecule has 2 nitrogen and oxygen atoms in total. The first-order chi connectivity index (χ1) is 8.65. The van der Waals surface area contributed by atoms with Gasteiger partial charge in [-0.15, -0.1) is 0 Å². The molecule has 1 N–H and O–H groups in total. The molecule has 18 heavy (non-hydrogen) atoms. The Hall–Kier alpha value is -0.0800. The second-order valence-corrected chi connectivity index (χ2v) is 6.26. The number of aliphatic hydroxyl groups excluding tert-OH is 1. The van der Waals surface area contributed by atoms with Crippen molar-refractivity contribution in [1.29, 1.82) is 0 Å². The molecule has 0 saturated heterocycles. The van der Waals surface area contributed by atoms with Gasteiger partial charge in [-0.1, -0.05) is 39.0 Å². The third-order valence-electron chi connectivity index (χ3n) is 4.37. The Labute approximate surface area is 114 Å². The lowest BCUT2D eigenvalue weighted by atomic mass is 9.96. The van der Waals surface area contributed by atoms with Crippen LogP contribution in [0.1, 0.15) is 72.1 Å². The van der Waals surface area contributed by atoms with Crippen LogP contribution in [-0.4, -0.2) is 35.2 Å². The molecule has 2 unspecified atom stereocenters. The molecule has 0 heterocycles. The fraction of sp³-hybridized carbons (Fsp3) is 1.00. The summed E-state index contributed by atoms with van der Waals surface area (Å²) >= 11 is 0. The van der Waals surface area contributed by atoms with Gasteiger partial charge >= 0.3 is 0 Å². The lowest BCUT2D eigenvalue weighted by Crippen LogP contribution is -2.39. The van der Waals surface area contributed by atoms with Crippen LogP contribution in [0.3, 0.4) is 0 Å². The van der Waals surface area contributed by atoms with E-state index in [1.165, 1.54) is 51.5 Å². The van der Waals surface area contributed by atoms with Crippen LogP contribution >= 0.6 is 0 Å². The first kappa shape index (κ1) is 16.0. The van der Waals surface area contributed by atoms with Crippen molar-refractivity contribution in [1.82, 2.24) is 4.90 Å². The average Bonchev–Trinajstić information content (AvgIpc) is 2.53. The minimum absolute atomic E-state index is 0.0556. The van der Waals surface area contributed by atoms with E-state index in [1.54, 1.807) is 0 Å². The van der Waals surface area contributed by atoms with Gasteiger partial charge in [0.1, 0.15) is 0 Å². The predicted molar refractivity (Wildman–Crippen MR) is 78.8 cm³/mol. The fourth-order valence-corrected chi connectivity index (χ4v) is 3.00. The summed E-state index contributed by atoms with van der Waals surface area (Å²) < 4.78 is 0. The highest BCUT2D eigenvalue weighted by molar-refractivity contribution is 4.77. The number of unbranched alkanes of at least 4 members (excludes halogenated alkanes) is 2. The molecule has 1 rings (SSSR count). The molecule has 0 aromatic rings. The molecule has 0 aromatic heterocycles. The van der Waals surface area contributed by atoms with Gasteiger partial charge in [-0.3, -0.25) is 0 Å². The minimum atomic E-state index is -0.0556. The van der Waals surface area contributed by atoms with Crippen LogP contribution in [0.5, 0.6) is 0 Å². The van der Waals surface area contributed by atoms with Crippen LogP contribution in [-0.2, 0) is 0 Å². The molecule has 0 amide bonds. The number of rotatable bonds is 7. The largest absolute Gasteiger partial charge is 0.393 e. The standard InChI is InChI=1S/C16H33NO/c1-4-5-9-12-17(14(2)3)13-15-10-7-6-8-11-16(15)18/h14-16,18H,4-13H2,1-3H3. The van der Waals surface area contributed by atoms with Gasteiger partial charge < -0.3 is 10.0 Å². The Morgan fingerprint density at radius 1 is 1.11 bits per heavy atom. The molecule has 1 aliphatic carbocycles. The van der Waals surface area contributed by atoms with E-state index in [1.807, 2.05) is 0 Å². The molecule has 2 heteroatoms. The first-order valence-corrected chi connectivity index (χ1v) is 8.07. The Bertz CT molecular complexity index is 205. The van der Waals surface area contributed by atoms with Gasteiger partial charge in [0.2, 0.25) is 0 Å². The van der Waals surface area contributed by atoms with E-state index >= 15 is 0 Å². The van der Waals surface area contributed by atoms with Crippen molar-refractivity contribution >= 4 is 0 Å². The van der Waals surface area contributed by atoms with E-state index in [0.29, 0.717) is 12.0 Å². The minimum Gasteiger partial charge on any atom is -0.393 e. The first-order valence-electron chi connectivity index (χ1n) is 8.07. The normalized spacial score (nSPS) is 25.7. The summed E-state index contributed by atoms with van der Waals surface area (Å²) in [6.07, 6.45) is 9.94. The van der Waals surface area contributed by atoms with E-state index in [9.17, 15) is 5.11 Å². The third kappa shape index (κ3) is 5.71. The smallest absolute Gasteiger partial charge is 0.0580 e. The quantitative estimate of drug-likeness (QED) is 0.552. The van der Waals surface area contributed by atoms with Crippen molar-refractivity contribution in [2.24, 2.45) is 5.92 Å². The molecular formula is C16H33NO. The van der Waals surface area contributed by atoms with Crippen LogP contribution in [0, 0.1) is 5.92 Å². The highest BCUT2D eigenvalue weighted by Crippen LogP contribution is 2.25. The van der Waals surface area contributed by atoms with Crippen molar-refractivity contribution in [3.63, 3.8) is 0 Å². The Kier molecular flexibility index (Phi) is 7.92. The number of aliphatic hydroxyl groups is 1. The molecule has 2 atom stereocenters. The Balaban J connectivity index is 2.42. The van der Waals surface area contributed by atoms with Crippen LogP contribution in [0.4, 0.5) is 0 Å². The lowest BCUT2D eigenvalue weighted by molar-refractivity contribution is 0.0641. The zero-order valence-electron chi connectivity index (χ0n) is 12.7. The van der Waals surface area contributed by atoms with Crippen molar-refractivity contribution in [2.75, 3.05) is 13.1 Å². The van der Waals surface area contributed by atoms with E-state index in [4.69, 9.17) is 0 Å². The lowest BCUT2D eigenvalue weighted by Gasteiger charge is -2.32. The number of hydrogen-bond acceptors (Lipinski definition) is 2. The number of nitrogens with zero attached hydrogens (tertiary/aromatic N) is 1. The van der Waals surface area contributed by atoms with Crippen molar-refractivity contribution in [3.8, 4) is 0 Å². The van der Waals surface area contributed by atoms with E-state index in [2.05, 4.69) is 25.7 Å². The van der Waals surface area contributed by atoms with Crippen LogP contribution in [0.25, 0.3) is 0 Å². The molecule has 0 aliphatic heterocycles. The van der Waals surface area contributed by atoms with Gasteiger partial charge in [0, 0.05) is 12.6 Å². The van der Waals surface area contributed by atoms with E-state index in [0.717, 1.165) is 13.0 Å². The second-order valence-electron chi connectivity index (χ2n) is 6.26. The zero-order valence-corrected chi connectivity index (χ0v) is 12.7. The van der Waals surface area contributed by atoms with Gasteiger partial charge in [0.05, 0.1) is 6.10 Å².